The molecule has 0 unspecified atom stereocenters. The van der Waals surface area contributed by atoms with Crippen molar-refractivity contribution in [3.63, 3.8) is 0 Å². The normalized spacial score (nSPS) is 6.29. The molecule has 0 atom stereocenters. The van der Waals surface area contributed by atoms with E-state index in [0.29, 0.717) is 0 Å². The molecular weight excluding hydrogens is 100 g/mol. The molecule has 0 heterocycles. The lowest BCUT2D eigenvalue weighted by atomic mass is 11.3. The van der Waals surface area contributed by atoms with Gasteiger partial charge in [-0.05, 0) is 5.53 Å². The van der Waals surface area contributed by atoms with E-state index < -0.39 is 6.09 Å². The van der Waals surface area contributed by atoms with E-state index in [9.17, 15) is 9.90 Å². The third-order valence-corrected chi connectivity index (χ3v) is 0.191. The van der Waals surface area contributed by atoms with Crippen molar-refractivity contribution in [1.29, 1.82) is 5.53 Å². The third-order valence-electron chi connectivity index (χ3n) is 0.191. The number of rotatable bonds is 1. The van der Waals surface area contributed by atoms with Gasteiger partial charge >= 0.3 is 0 Å². The van der Waals surface area contributed by atoms with Crippen molar-refractivity contribution < 1.29 is 9.90 Å². The van der Waals surface area contributed by atoms with Gasteiger partial charge in [0.05, 0.1) is 4.91 Å². The van der Waals surface area contributed by atoms with Gasteiger partial charge in [-0.1, -0.05) is 0 Å². The SMILES string of the molecule is N=[N+]=NNC(=O)[O-]. The maximum absolute atomic E-state index is 9.30. The second kappa shape index (κ2) is 2.80. The van der Waals surface area contributed by atoms with E-state index in [1.54, 1.807) is 0 Å². The maximum atomic E-state index is 9.30. The number of hydrogen-bond donors (Lipinski definition) is 2. The Hall–Kier alpha value is -1.42. The van der Waals surface area contributed by atoms with Crippen molar-refractivity contribution in [2.24, 2.45) is 5.22 Å². The van der Waals surface area contributed by atoms with Crippen LogP contribution in [0, 0.1) is 5.53 Å². The van der Waals surface area contributed by atoms with E-state index in [0.717, 1.165) is 0 Å². The molecule has 0 radical (unpaired) electrons. The molecule has 0 aliphatic rings. The van der Waals surface area contributed by atoms with Crippen molar-refractivity contribution >= 4 is 6.09 Å². The third kappa shape index (κ3) is 4.58. The fraction of sp³-hybridized carbons (Fsp3) is 0. The van der Waals surface area contributed by atoms with Gasteiger partial charge in [0.25, 0.3) is 6.09 Å². The van der Waals surface area contributed by atoms with Crippen LogP contribution in [0.3, 0.4) is 0 Å². The van der Waals surface area contributed by atoms with Crippen LogP contribution in [0.15, 0.2) is 5.22 Å². The smallest absolute Gasteiger partial charge is 0.262 e. The fourth-order valence-corrected chi connectivity index (χ4v) is 0.0658. The highest BCUT2D eigenvalue weighted by molar-refractivity contribution is 5.60. The van der Waals surface area contributed by atoms with Crippen LogP contribution < -0.4 is 15.4 Å². The van der Waals surface area contributed by atoms with Crippen molar-refractivity contribution in [2.75, 3.05) is 0 Å². The van der Waals surface area contributed by atoms with Gasteiger partial charge in [0.15, 0.2) is 0 Å². The molecule has 0 saturated heterocycles. The monoisotopic (exact) mass is 102 g/mol. The molecule has 0 bridgehead atoms. The highest BCUT2D eigenvalue weighted by Gasteiger charge is 1.81. The Bertz CT molecular complexity index is 113. The minimum Gasteiger partial charge on any atom is -0.509 e. The van der Waals surface area contributed by atoms with Gasteiger partial charge in [0, 0.05) is 0 Å². The first-order valence-electron chi connectivity index (χ1n) is 1.31. The molecule has 0 aromatic rings. The van der Waals surface area contributed by atoms with Crippen LogP contribution in [0.4, 0.5) is 4.79 Å². The topological polar surface area (TPSA) is 102 Å². The standard InChI is InChI=1S/CH2N4O2/c2-4-5-3-1(6)7/h2H,(H,6,7). The predicted molar refractivity (Wildman–Crippen MR) is 15.8 cm³/mol. The Balaban J connectivity index is 3.32. The highest BCUT2D eigenvalue weighted by Crippen LogP contribution is 1.47. The number of nitrogens with zero attached hydrogens (tertiary/aromatic N) is 2. The lowest BCUT2D eigenvalue weighted by molar-refractivity contribution is -0.251. The van der Waals surface area contributed by atoms with Gasteiger partial charge in [-0.25, -0.2) is 0 Å². The van der Waals surface area contributed by atoms with E-state index in [1.807, 2.05) is 0 Å². The molecule has 1 amide bonds. The van der Waals surface area contributed by atoms with Gasteiger partial charge in [-0.3, -0.25) is 0 Å². The minimum atomic E-state index is -1.57. The van der Waals surface area contributed by atoms with Crippen molar-refractivity contribution in [3.05, 3.63) is 0 Å². The Morgan fingerprint density at radius 3 is 2.71 bits per heavy atom. The summed E-state index contributed by atoms with van der Waals surface area (Å²) in [4.78, 5) is 11.6. The fourth-order valence-electron chi connectivity index (χ4n) is 0.0658. The Morgan fingerprint density at radius 1 is 2.00 bits per heavy atom. The van der Waals surface area contributed by atoms with Gasteiger partial charge < -0.3 is 9.90 Å². The van der Waals surface area contributed by atoms with Gasteiger partial charge in [0.2, 0.25) is 5.22 Å². The molecular formula is CH2N4O2. The van der Waals surface area contributed by atoms with Crippen LogP contribution in [0.25, 0.3) is 0 Å². The molecule has 7 heavy (non-hydrogen) atoms. The number of carbonyl (C=O) groups is 1. The summed E-state index contributed by atoms with van der Waals surface area (Å²) in [5.41, 5.74) is 7.27. The summed E-state index contributed by atoms with van der Waals surface area (Å²) in [5.74, 6) is 0. The first-order valence-corrected chi connectivity index (χ1v) is 1.31. The molecule has 6 heteroatoms. The molecule has 0 aliphatic carbocycles. The summed E-state index contributed by atoms with van der Waals surface area (Å²) in [6.07, 6.45) is -1.57. The van der Waals surface area contributed by atoms with E-state index in [-0.39, 0.29) is 0 Å². The quantitative estimate of drug-likeness (QED) is 0.236. The zero-order valence-electron chi connectivity index (χ0n) is 3.21. The summed E-state index contributed by atoms with van der Waals surface area (Å²) in [5, 5.41) is 11.8. The summed E-state index contributed by atoms with van der Waals surface area (Å²) in [6, 6.07) is 0. The lowest BCUT2D eigenvalue weighted by Gasteiger charge is -1.80. The summed E-state index contributed by atoms with van der Waals surface area (Å²) in [6.45, 7) is 0. The molecule has 0 fully saturated rings. The average molecular weight is 102 g/mol. The number of amides is 1. The Kier molecular flexibility index (Phi) is 2.23. The number of carbonyl (C=O) groups excluding carboxylic acids is 1. The molecule has 0 spiro atoms. The van der Waals surface area contributed by atoms with E-state index in [2.05, 4.69) is 10.1 Å². The van der Waals surface area contributed by atoms with Crippen molar-refractivity contribution in [2.45, 2.75) is 0 Å². The van der Waals surface area contributed by atoms with Gasteiger partial charge in [0.1, 0.15) is 0 Å². The van der Waals surface area contributed by atoms with Gasteiger partial charge in [-0.15, -0.1) is 5.43 Å². The Labute approximate surface area is 38.3 Å². The number of nitrogens with one attached hydrogen (secondary N) is 2. The number of carboxylic acid groups (broad SMARTS) is 1. The molecule has 0 rings (SSSR count). The second-order valence-corrected chi connectivity index (χ2v) is 0.599. The molecule has 0 aromatic carbocycles. The summed E-state index contributed by atoms with van der Waals surface area (Å²) in [7, 11) is 0. The van der Waals surface area contributed by atoms with Crippen molar-refractivity contribution in [3.8, 4) is 0 Å². The molecule has 6 nitrogen and oxygen atoms in total. The van der Waals surface area contributed by atoms with Crippen LogP contribution in [0.5, 0.6) is 0 Å². The lowest BCUT2D eigenvalue weighted by Crippen LogP contribution is -2.32. The molecule has 0 saturated carbocycles. The van der Waals surface area contributed by atoms with Crippen LogP contribution in [-0.4, -0.2) is 6.09 Å². The Morgan fingerprint density at radius 2 is 2.57 bits per heavy atom. The molecule has 38 valence electrons. The average Bonchev–Trinajstić information content (AvgIpc) is 1.61. The highest BCUT2D eigenvalue weighted by atomic mass is 16.4. The largest absolute Gasteiger partial charge is 0.509 e. The van der Waals surface area contributed by atoms with Crippen LogP contribution in [-0.2, 0) is 0 Å². The zero-order valence-corrected chi connectivity index (χ0v) is 3.21. The first kappa shape index (κ1) is 5.58. The van der Waals surface area contributed by atoms with Gasteiger partial charge in [-0.2, -0.15) is 0 Å². The van der Waals surface area contributed by atoms with Crippen molar-refractivity contribution in [1.82, 2.24) is 10.3 Å². The molecule has 0 aliphatic heterocycles. The van der Waals surface area contributed by atoms with Crippen LogP contribution >= 0.6 is 0 Å². The summed E-state index contributed by atoms with van der Waals surface area (Å²) < 4.78 is 0. The van der Waals surface area contributed by atoms with Crippen LogP contribution in [0.1, 0.15) is 0 Å². The maximum Gasteiger partial charge on any atom is 0.262 e. The predicted octanol–water partition coefficient (Wildman–Crippen LogP) is -1.62. The zero-order chi connectivity index (χ0) is 5.70. The van der Waals surface area contributed by atoms with E-state index in [4.69, 9.17) is 5.53 Å². The first-order chi connectivity index (χ1) is 3.27. The minimum absolute atomic E-state index is 1.37. The van der Waals surface area contributed by atoms with Crippen LogP contribution in [0.2, 0.25) is 0 Å². The second-order valence-electron chi connectivity index (χ2n) is 0.599. The summed E-state index contributed by atoms with van der Waals surface area (Å²) >= 11 is 0. The van der Waals surface area contributed by atoms with E-state index >= 15 is 0 Å². The van der Waals surface area contributed by atoms with E-state index in [1.165, 1.54) is 5.43 Å². The molecule has 2 N–H and O–H groups in total. The molecule has 0 aromatic heterocycles. The number of hydrogen-bond acceptors (Lipinski definition) is 4.